The van der Waals surface area contributed by atoms with Crippen molar-refractivity contribution in [1.29, 1.82) is 0 Å². The van der Waals surface area contributed by atoms with Gasteiger partial charge in [-0.05, 0) is 66.3 Å². The summed E-state index contributed by atoms with van der Waals surface area (Å²) >= 11 is 3.44. The number of rotatable bonds is 12. The van der Waals surface area contributed by atoms with Gasteiger partial charge in [-0.15, -0.1) is 0 Å². The fraction of sp³-hybridized carbons (Fsp3) is 0.355. The molecule has 0 saturated heterocycles. The third kappa shape index (κ3) is 8.93. The van der Waals surface area contributed by atoms with Crippen molar-refractivity contribution in [2.75, 3.05) is 23.7 Å². The lowest BCUT2D eigenvalue weighted by atomic mass is 10.0. The van der Waals surface area contributed by atoms with E-state index in [1.165, 1.54) is 4.90 Å². The molecule has 0 radical (unpaired) electrons. The lowest BCUT2D eigenvalue weighted by molar-refractivity contribution is -0.140. The molecule has 7 nitrogen and oxygen atoms in total. The summed E-state index contributed by atoms with van der Waals surface area (Å²) in [5, 5.41) is 2.99. The fourth-order valence-electron chi connectivity index (χ4n) is 4.26. The van der Waals surface area contributed by atoms with Crippen molar-refractivity contribution in [3.8, 4) is 0 Å². The topological polar surface area (TPSA) is 86.8 Å². The van der Waals surface area contributed by atoms with Gasteiger partial charge in [0.2, 0.25) is 21.8 Å². The van der Waals surface area contributed by atoms with Crippen LogP contribution in [0.25, 0.3) is 0 Å². The van der Waals surface area contributed by atoms with E-state index in [1.54, 1.807) is 12.1 Å². The smallest absolute Gasteiger partial charge is 0.244 e. The van der Waals surface area contributed by atoms with Gasteiger partial charge in [-0.3, -0.25) is 13.9 Å². The number of hydrogen-bond acceptors (Lipinski definition) is 4. The molecule has 1 N–H and O–H groups in total. The predicted octanol–water partition coefficient (Wildman–Crippen LogP) is 5.24. The Balaban J connectivity index is 2.05. The highest BCUT2D eigenvalue weighted by Crippen LogP contribution is 2.23. The zero-order valence-corrected chi connectivity index (χ0v) is 26.1. The zero-order chi connectivity index (χ0) is 29.4. The van der Waals surface area contributed by atoms with Crippen molar-refractivity contribution in [3.63, 3.8) is 0 Å². The van der Waals surface area contributed by atoms with E-state index in [4.69, 9.17) is 0 Å². The zero-order valence-electron chi connectivity index (χ0n) is 23.7. The van der Waals surface area contributed by atoms with Crippen LogP contribution in [-0.2, 0) is 32.6 Å². The summed E-state index contributed by atoms with van der Waals surface area (Å²) in [4.78, 5) is 29.2. The third-order valence-corrected chi connectivity index (χ3v) is 8.35. The molecule has 2 amide bonds. The monoisotopic (exact) mass is 627 g/mol. The second kappa shape index (κ2) is 13.9. The molecule has 0 heterocycles. The van der Waals surface area contributed by atoms with Gasteiger partial charge in [-0.1, -0.05) is 78.3 Å². The van der Waals surface area contributed by atoms with E-state index in [1.807, 2.05) is 88.4 Å². The molecular formula is C31H38BrN3O4S. The van der Waals surface area contributed by atoms with Crippen molar-refractivity contribution in [3.05, 3.63) is 99.5 Å². The van der Waals surface area contributed by atoms with Gasteiger partial charge in [0.15, 0.2) is 0 Å². The quantitative estimate of drug-likeness (QED) is 0.297. The highest BCUT2D eigenvalue weighted by molar-refractivity contribution is 9.10. The first-order valence-electron chi connectivity index (χ1n) is 13.3. The Bertz CT molecular complexity index is 1410. The Kier molecular flexibility index (Phi) is 10.9. The largest absolute Gasteiger partial charge is 0.354 e. The lowest BCUT2D eigenvalue weighted by Gasteiger charge is -2.33. The van der Waals surface area contributed by atoms with E-state index >= 15 is 0 Å². The second-order valence-electron chi connectivity index (χ2n) is 10.5. The standard InChI is InChI=1S/C31H38BrN3O4S/c1-22(2)19-33-31(37)29(18-25-9-7-6-8-10-25)34(20-26-12-14-27(32)15-13-26)30(36)21-35(40(5,38)39)28-16-11-23(3)24(4)17-28/h6-17,22,29H,18-21H2,1-5H3,(H,33,37). The average molecular weight is 629 g/mol. The Labute approximate surface area is 246 Å². The first-order valence-corrected chi connectivity index (χ1v) is 15.9. The maximum atomic E-state index is 14.1. The average Bonchev–Trinajstić information content (AvgIpc) is 2.90. The van der Waals surface area contributed by atoms with Crippen molar-refractivity contribution in [1.82, 2.24) is 10.2 Å². The van der Waals surface area contributed by atoms with Crippen LogP contribution < -0.4 is 9.62 Å². The molecule has 0 spiro atoms. The Morgan fingerprint density at radius 2 is 1.55 bits per heavy atom. The van der Waals surface area contributed by atoms with Gasteiger partial charge in [-0.2, -0.15) is 0 Å². The van der Waals surface area contributed by atoms with E-state index in [9.17, 15) is 18.0 Å². The summed E-state index contributed by atoms with van der Waals surface area (Å²) in [6.07, 6.45) is 1.38. The van der Waals surface area contributed by atoms with E-state index in [2.05, 4.69) is 21.2 Å². The minimum atomic E-state index is -3.80. The highest BCUT2D eigenvalue weighted by Gasteiger charge is 2.33. The Morgan fingerprint density at radius 1 is 0.900 bits per heavy atom. The molecule has 9 heteroatoms. The van der Waals surface area contributed by atoms with Crippen LogP contribution in [0.4, 0.5) is 5.69 Å². The number of anilines is 1. The summed E-state index contributed by atoms with van der Waals surface area (Å²) in [5.74, 6) is -0.519. The van der Waals surface area contributed by atoms with Crippen LogP contribution in [0.1, 0.15) is 36.1 Å². The van der Waals surface area contributed by atoms with Crippen molar-refractivity contribution >= 4 is 43.5 Å². The summed E-state index contributed by atoms with van der Waals surface area (Å²) < 4.78 is 27.9. The molecule has 214 valence electrons. The summed E-state index contributed by atoms with van der Waals surface area (Å²) in [6, 6.07) is 21.5. The molecule has 0 aliphatic rings. The number of carbonyl (C=O) groups excluding carboxylic acids is 2. The summed E-state index contributed by atoms with van der Waals surface area (Å²) in [6.45, 7) is 8.02. The predicted molar refractivity (Wildman–Crippen MR) is 165 cm³/mol. The maximum absolute atomic E-state index is 14.1. The van der Waals surface area contributed by atoms with E-state index in [0.717, 1.165) is 37.3 Å². The number of nitrogens with zero attached hydrogens (tertiary/aromatic N) is 2. The summed E-state index contributed by atoms with van der Waals surface area (Å²) in [5.41, 5.74) is 4.06. The number of hydrogen-bond donors (Lipinski definition) is 1. The van der Waals surface area contributed by atoms with Crippen LogP contribution in [0.2, 0.25) is 0 Å². The highest BCUT2D eigenvalue weighted by atomic mass is 79.9. The molecule has 0 bridgehead atoms. The molecule has 0 aromatic heterocycles. The number of nitrogens with one attached hydrogen (secondary N) is 1. The lowest BCUT2D eigenvalue weighted by Crippen LogP contribution is -2.53. The first kappa shape index (κ1) is 31.4. The van der Waals surface area contributed by atoms with E-state index < -0.39 is 28.5 Å². The fourth-order valence-corrected chi connectivity index (χ4v) is 5.36. The molecule has 0 fully saturated rings. The van der Waals surface area contributed by atoms with E-state index in [-0.39, 0.29) is 24.8 Å². The van der Waals surface area contributed by atoms with Crippen LogP contribution in [-0.4, -0.2) is 50.5 Å². The van der Waals surface area contributed by atoms with Crippen molar-refractivity contribution < 1.29 is 18.0 Å². The number of carbonyl (C=O) groups is 2. The molecule has 1 atom stereocenters. The molecule has 0 aliphatic heterocycles. The van der Waals surface area contributed by atoms with Crippen LogP contribution in [0.15, 0.2) is 77.3 Å². The Hall–Kier alpha value is -3.17. The number of halogens is 1. The molecule has 3 aromatic rings. The van der Waals surface area contributed by atoms with Gasteiger partial charge in [-0.25, -0.2) is 8.42 Å². The third-order valence-electron chi connectivity index (χ3n) is 6.68. The number of sulfonamides is 1. The van der Waals surface area contributed by atoms with Crippen molar-refractivity contribution in [2.45, 2.75) is 46.7 Å². The molecule has 40 heavy (non-hydrogen) atoms. The summed E-state index contributed by atoms with van der Waals surface area (Å²) in [7, 11) is -3.80. The number of amides is 2. The van der Waals surface area contributed by atoms with Crippen LogP contribution in [0, 0.1) is 19.8 Å². The molecule has 1 unspecified atom stereocenters. The van der Waals surface area contributed by atoms with Crippen LogP contribution >= 0.6 is 15.9 Å². The molecule has 3 aromatic carbocycles. The first-order chi connectivity index (χ1) is 18.8. The van der Waals surface area contributed by atoms with Crippen LogP contribution in [0.3, 0.4) is 0 Å². The molecule has 3 rings (SSSR count). The molecular weight excluding hydrogens is 590 g/mol. The van der Waals surface area contributed by atoms with Gasteiger partial charge in [0.05, 0.1) is 11.9 Å². The van der Waals surface area contributed by atoms with Gasteiger partial charge >= 0.3 is 0 Å². The van der Waals surface area contributed by atoms with E-state index in [0.29, 0.717) is 12.2 Å². The Morgan fingerprint density at radius 3 is 2.12 bits per heavy atom. The normalized spacial score (nSPS) is 12.2. The van der Waals surface area contributed by atoms with Gasteiger partial charge < -0.3 is 10.2 Å². The van der Waals surface area contributed by atoms with Gasteiger partial charge in [0, 0.05) is 24.0 Å². The second-order valence-corrected chi connectivity index (χ2v) is 13.4. The number of aryl methyl sites for hydroxylation is 2. The van der Waals surface area contributed by atoms with Crippen LogP contribution in [0.5, 0.6) is 0 Å². The van der Waals surface area contributed by atoms with Crippen molar-refractivity contribution in [2.24, 2.45) is 5.92 Å². The molecule has 0 aliphatic carbocycles. The van der Waals surface area contributed by atoms with Gasteiger partial charge in [0.25, 0.3) is 0 Å². The van der Waals surface area contributed by atoms with Gasteiger partial charge in [0.1, 0.15) is 12.6 Å². The molecule has 0 saturated carbocycles. The number of benzene rings is 3. The maximum Gasteiger partial charge on any atom is 0.244 e. The minimum Gasteiger partial charge on any atom is -0.354 e. The SMILES string of the molecule is Cc1ccc(N(CC(=O)N(Cc2ccc(Br)cc2)C(Cc2ccccc2)C(=O)NCC(C)C)S(C)(=O)=O)cc1C. The minimum absolute atomic E-state index is 0.142.